The summed E-state index contributed by atoms with van der Waals surface area (Å²) in [5.74, 6) is -0.641. The highest BCUT2D eigenvalue weighted by Gasteiger charge is 2.19. The van der Waals surface area contributed by atoms with Crippen LogP contribution >= 0.6 is 11.6 Å². The Morgan fingerprint density at radius 1 is 1.06 bits per heavy atom. The molecule has 0 aliphatic rings. The molecular weight excluding hydrogens is 446 g/mol. The molecule has 0 unspecified atom stereocenters. The normalized spacial score (nSPS) is 10.5. The number of carbonyl (C=O) groups is 2. The van der Waals surface area contributed by atoms with E-state index in [0.717, 1.165) is 0 Å². The van der Waals surface area contributed by atoms with Gasteiger partial charge in [0.1, 0.15) is 5.69 Å². The van der Waals surface area contributed by atoms with Crippen molar-refractivity contribution in [2.75, 3.05) is 25.6 Å². The van der Waals surface area contributed by atoms with Gasteiger partial charge in [0.2, 0.25) is 0 Å². The molecule has 0 heterocycles. The number of methoxy groups -OCH3 is 1. The Bertz CT molecular complexity index is 1210. The molecule has 8 nitrogen and oxygen atoms in total. The van der Waals surface area contributed by atoms with E-state index in [9.17, 15) is 19.7 Å². The number of nitrogens with one attached hydrogen (secondary N) is 2. The molecule has 0 atom stereocenters. The zero-order valence-electron chi connectivity index (χ0n) is 18.1. The Morgan fingerprint density at radius 2 is 1.82 bits per heavy atom. The lowest BCUT2D eigenvalue weighted by Gasteiger charge is -2.12. The largest absolute Gasteiger partial charge is 0.383 e. The minimum Gasteiger partial charge on any atom is -0.383 e. The van der Waals surface area contributed by atoms with Crippen molar-refractivity contribution in [3.05, 3.63) is 98.1 Å². The van der Waals surface area contributed by atoms with Gasteiger partial charge in [0.15, 0.2) is 5.78 Å². The SMILES string of the molecule is COCCNC(=O)c1ccc(C)c(C(=O)c2ccc(Nc3ccccc3[N+](=O)[O-])cc2Cl)c1. The molecule has 0 aliphatic heterocycles. The number of anilines is 2. The van der Waals surface area contributed by atoms with Crippen LogP contribution in [0.4, 0.5) is 17.1 Å². The van der Waals surface area contributed by atoms with E-state index in [1.165, 1.54) is 18.2 Å². The molecular formula is C24H22ClN3O5. The number of nitro groups is 1. The second-order valence-corrected chi connectivity index (χ2v) is 7.61. The molecule has 0 aromatic heterocycles. The van der Waals surface area contributed by atoms with Crippen molar-refractivity contribution < 1.29 is 19.2 Å². The number of carbonyl (C=O) groups excluding carboxylic acids is 2. The third-order valence-corrected chi connectivity index (χ3v) is 5.24. The van der Waals surface area contributed by atoms with E-state index >= 15 is 0 Å². The molecule has 0 radical (unpaired) electrons. The lowest BCUT2D eigenvalue weighted by Crippen LogP contribution is -2.27. The Kier molecular flexibility index (Phi) is 7.76. The number of rotatable bonds is 9. The summed E-state index contributed by atoms with van der Waals surface area (Å²) in [5, 5.41) is 17.1. The average Bonchev–Trinajstić information content (AvgIpc) is 2.79. The van der Waals surface area contributed by atoms with Crippen LogP contribution in [0.15, 0.2) is 60.7 Å². The number of aryl methyl sites for hydroxylation is 1. The van der Waals surface area contributed by atoms with Crippen LogP contribution in [0.2, 0.25) is 5.02 Å². The molecule has 2 N–H and O–H groups in total. The Labute approximate surface area is 195 Å². The zero-order valence-corrected chi connectivity index (χ0v) is 18.8. The summed E-state index contributed by atoms with van der Waals surface area (Å²) in [6.45, 7) is 2.51. The van der Waals surface area contributed by atoms with Gasteiger partial charge in [-0.3, -0.25) is 19.7 Å². The molecule has 9 heteroatoms. The van der Waals surface area contributed by atoms with E-state index in [4.69, 9.17) is 16.3 Å². The average molecular weight is 468 g/mol. The maximum Gasteiger partial charge on any atom is 0.292 e. The molecule has 0 saturated carbocycles. The van der Waals surface area contributed by atoms with E-state index in [2.05, 4.69) is 10.6 Å². The molecule has 3 rings (SSSR count). The van der Waals surface area contributed by atoms with Crippen molar-refractivity contribution in [1.29, 1.82) is 0 Å². The van der Waals surface area contributed by atoms with Gasteiger partial charge < -0.3 is 15.4 Å². The summed E-state index contributed by atoms with van der Waals surface area (Å²) >= 11 is 6.39. The topological polar surface area (TPSA) is 111 Å². The fraction of sp³-hybridized carbons (Fsp3) is 0.167. The minimum absolute atomic E-state index is 0.0787. The van der Waals surface area contributed by atoms with Gasteiger partial charge in [-0.2, -0.15) is 0 Å². The van der Waals surface area contributed by atoms with E-state index in [-0.39, 0.29) is 28.0 Å². The highest BCUT2D eigenvalue weighted by Crippen LogP contribution is 2.30. The number of ketones is 1. The van der Waals surface area contributed by atoms with Crippen molar-refractivity contribution in [2.24, 2.45) is 0 Å². The Hall–Kier alpha value is -3.75. The van der Waals surface area contributed by atoms with Gasteiger partial charge in [0, 0.05) is 42.1 Å². The van der Waals surface area contributed by atoms with Crippen molar-refractivity contribution in [3.63, 3.8) is 0 Å². The molecule has 0 spiro atoms. The summed E-state index contributed by atoms with van der Waals surface area (Å²) < 4.78 is 4.92. The number of ether oxygens (including phenoxy) is 1. The standard InChI is InChI=1S/C24H22ClN3O5/c1-15-7-8-16(24(30)26-11-12-33-2)13-19(15)23(29)18-10-9-17(14-20(18)25)27-21-5-3-4-6-22(21)28(31)32/h3-10,13-14,27H,11-12H2,1-2H3,(H,26,30). The number of hydrogen-bond acceptors (Lipinski definition) is 6. The maximum atomic E-state index is 13.2. The quantitative estimate of drug-likeness (QED) is 0.200. The molecule has 0 saturated heterocycles. The first-order valence-corrected chi connectivity index (χ1v) is 10.4. The van der Waals surface area contributed by atoms with Crippen LogP contribution in [-0.4, -0.2) is 36.9 Å². The van der Waals surface area contributed by atoms with Gasteiger partial charge in [-0.25, -0.2) is 0 Å². The predicted octanol–water partition coefficient (Wildman–Crippen LogP) is 4.91. The highest BCUT2D eigenvalue weighted by atomic mass is 35.5. The van der Waals surface area contributed by atoms with Crippen LogP contribution in [0.5, 0.6) is 0 Å². The number of amides is 1. The summed E-state index contributed by atoms with van der Waals surface area (Å²) in [7, 11) is 1.54. The second kappa shape index (κ2) is 10.7. The molecule has 3 aromatic carbocycles. The van der Waals surface area contributed by atoms with Crippen LogP contribution in [0, 0.1) is 17.0 Å². The van der Waals surface area contributed by atoms with E-state index in [1.54, 1.807) is 56.5 Å². The number of nitro benzene ring substituents is 1. The van der Waals surface area contributed by atoms with Crippen molar-refractivity contribution >= 4 is 40.4 Å². The number of para-hydroxylation sites is 2. The van der Waals surface area contributed by atoms with E-state index < -0.39 is 4.92 Å². The summed E-state index contributed by atoms with van der Waals surface area (Å²) in [6.07, 6.45) is 0. The third kappa shape index (κ3) is 5.74. The second-order valence-electron chi connectivity index (χ2n) is 7.20. The molecule has 0 fully saturated rings. The monoisotopic (exact) mass is 467 g/mol. The number of hydrogen-bond donors (Lipinski definition) is 2. The van der Waals surface area contributed by atoms with Gasteiger partial charge in [-0.1, -0.05) is 29.8 Å². The summed E-state index contributed by atoms with van der Waals surface area (Å²) in [4.78, 5) is 36.3. The highest BCUT2D eigenvalue weighted by molar-refractivity contribution is 6.35. The molecule has 0 bridgehead atoms. The maximum absolute atomic E-state index is 13.2. The summed E-state index contributed by atoms with van der Waals surface area (Å²) in [6, 6.07) is 15.8. The first-order valence-electron chi connectivity index (χ1n) is 10.0. The molecule has 33 heavy (non-hydrogen) atoms. The molecule has 1 amide bonds. The van der Waals surface area contributed by atoms with Crippen LogP contribution in [-0.2, 0) is 4.74 Å². The fourth-order valence-electron chi connectivity index (χ4n) is 3.19. The van der Waals surface area contributed by atoms with Crippen molar-refractivity contribution in [3.8, 4) is 0 Å². The number of benzene rings is 3. The summed E-state index contributed by atoms with van der Waals surface area (Å²) in [5.41, 5.74) is 2.39. The minimum atomic E-state index is -0.483. The first-order chi connectivity index (χ1) is 15.8. The zero-order chi connectivity index (χ0) is 24.0. The Morgan fingerprint density at radius 3 is 2.52 bits per heavy atom. The molecule has 3 aromatic rings. The number of nitrogens with zero attached hydrogens (tertiary/aromatic N) is 1. The lowest BCUT2D eigenvalue weighted by molar-refractivity contribution is -0.383. The van der Waals surface area contributed by atoms with Gasteiger partial charge in [0.05, 0.1) is 16.6 Å². The lowest BCUT2D eigenvalue weighted by atomic mass is 9.96. The Balaban J connectivity index is 1.85. The molecule has 170 valence electrons. The smallest absolute Gasteiger partial charge is 0.292 e. The predicted molar refractivity (Wildman–Crippen MR) is 127 cm³/mol. The first kappa shape index (κ1) is 23.9. The van der Waals surface area contributed by atoms with Crippen LogP contribution in [0.1, 0.15) is 31.8 Å². The van der Waals surface area contributed by atoms with Crippen LogP contribution < -0.4 is 10.6 Å². The van der Waals surface area contributed by atoms with Crippen LogP contribution in [0.25, 0.3) is 0 Å². The van der Waals surface area contributed by atoms with Crippen molar-refractivity contribution in [2.45, 2.75) is 6.92 Å². The van der Waals surface area contributed by atoms with Crippen LogP contribution in [0.3, 0.4) is 0 Å². The van der Waals surface area contributed by atoms with Crippen molar-refractivity contribution in [1.82, 2.24) is 5.32 Å². The molecule has 0 aliphatic carbocycles. The third-order valence-electron chi connectivity index (χ3n) is 4.93. The fourth-order valence-corrected chi connectivity index (χ4v) is 3.46. The van der Waals surface area contributed by atoms with Gasteiger partial charge in [-0.05, 0) is 48.9 Å². The van der Waals surface area contributed by atoms with E-state index in [1.807, 2.05) is 0 Å². The van der Waals surface area contributed by atoms with Gasteiger partial charge in [-0.15, -0.1) is 0 Å². The van der Waals surface area contributed by atoms with E-state index in [0.29, 0.717) is 41.2 Å². The number of halogens is 1. The van der Waals surface area contributed by atoms with Gasteiger partial charge in [0.25, 0.3) is 11.6 Å². The van der Waals surface area contributed by atoms with Gasteiger partial charge >= 0.3 is 0 Å².